The molecule has 88 valence electrons. The summed E-state index contributed by atoms with van der Waals surface area (Å²) >= 11 is 0. The molecule has 3 unspecified atom stereocenters. The maximum Gasteiger partial charge on any atom is 0.123 e. The van der Waals surface area contributed by atoms with Gasteiger partial charge in [-0.25, -0.2) is 4.39 Å². The molecule has 0 aromatic heterocycles. The Balaban J connectivity index is 2.27. The third-order valence-electron chi connectivity index (χ3n) is 3.66. The van der Waals surface area contributed by atoms with E-state index in [2.05, 4.69) is 13.0 Å². The molecule has 0 radical (unpaired) electrons. The van der Waals surface area contributed by atoms with E-state index < -0.39 is 0 Å². The molecule has 0 spiro atoms. The van der Waals surface area contributed by atoms with Gasteiger partial charge in [-0.15, -0.1) is 0 Å². The highest BCUT2D eigenvalue weighted by Gasteiger charge is 2.27. The molecule has 2 heteroatoms. The van der Waals surface area contributed by atoms with Crippen LogP contribution < -0.4 is 5.73 Å². The Morgan fingerprint density at radius 1 is 1.25 bits per heavy atom. The van der Waals surface area contributed by atoms with Crippen LogP contribution in [0.2, 0.25) is 0 Å². The summed E-state index contributed by atoms with van der Waals surface area (Å²) in [5.74, 6) is 0.895. The summed E-state index contributed by atoms with van der Waals surface area (Å²) in [5, 5.41) is 0. The van der Waals surface area contributed by atoms with Gasteiger partial charge in [-0.1, -0.05) is 13.0 Å². The molecule has 16 heavy (non-hydrogen) atoms. The van der Waals surface area contributed by atoms with Crippen molar-refractivity contribution in [1.29, 1.82) is 0 Å². The van der Waals surface area contributed by atoms with E-state index in [1.807, 2.05) is 6.92 Å². The first-order valence-corrected chi connectivity index (χ1v) is 6.09. The monoisotopic (exact) mass is 221 g/mol. The number of hydrogen-bond acceptors (Lipinski definition) is 1. The Kier molecular flexibility index (Phi) is 3.29. The van der Waals surface area contributed by atoms with Gasteiger partial charge < -0.3 is 5.73 Å². The second-order valence-electron chi connectivity index (χ2n) is 5.25. The van der Waals surface area contributed by atoms with E-state index in [1.54, 1.807) is 12.1 Å². The van der Waals surface area contributed by atoms with E-state index in [0.29, 0.717) is 11.8 Å². The van der Waals surface area contributed by atoms with Crippen LogP contribution in [0.15, 0.2) is 18.2 Å². The van der Waals surface area contributed by atoms with Crippen LogP contribution in [0, 0.1) is 18.7 Å². The van der Waals surface area contributed by atoms with Gasteiger partial charge in [0.2, 0.25) is 0 Å². The number of hydrogen-bond donors (Lipinski definition) is 1. The summed E-state index contributed by atoms with van der Waals surface area (Å²) in [4.78, 5) is 0. The number of benzene rings is 1. The molecule has 0 aliphatic heterocycles. The minimum Gasteiger partial charge on any atom is -0.327 e. The zero-order valence-corrected chi connectivity index (χ0v) is 10.0. The first-order valence-electron chi connectivity index (χ1n) is 6.09. The molecule has 2 rings (SSSR count). The second-order valence-corrected chi connectivity index (χ2v) is 5.25. The highest BCUT2D eigenvalue weighted by atomic mass is 19.1. The molecule has 2 N–H and O–H groups in total. The van der Waals surface area contributed by atoms with Crippen LogP contribution in [0.1, 0.15) is 43.2 Å². The van der Waals surface area contributed by atoms with Crippen molar-refractivity contribution in [3.05, 3.63) is 35.1 Å². The van der Waals surface area contributed by atoms with E-state index in [-0.39, 0.29) is 11.9 Å². The van der Waals surface area contributed by atoms with Crippen molar-refractivity contribution >= 4 is 0 Å². The number of nitrogens with two attached hydrogens (primary N) is 1. The van der Waals surface area contributed by atoms with Gasteiger partial charge in [0.25, 0.3) is 0 Å². The van der Waals surface area contributed by atoms with Crippen LogP contribution in [0.4, 0.5) is 4.39 Å². The highest BCUT2D eigenvalue weighted by Crippen LogP contribution is 2.35. The fraction of sp³-hybridized carbons (Fsp3) is 0.571. The van der Waals surface area contributed by atoms with Crippen molar-refractivity contribution < 1.29 is 4.39 Å². The first-order chi connectivity index (χ1) is 7.56. The van der Waals surface area contributed by atoms with Crippen molar-refractivity contribution in [2.24, 2.45) is 11.7 Å². The highest BCUT2D eigenvalue weighted by molar-refractivity contribution is 5.28. The standard InChI is InChI=1S/C14H20FN/c1-9-3-4-14(16)13(7-9)11-5-10(2)6-12(15)8-11/h5-6,8-9,13-14H,3-4,7,16H2,1-2H3. The summed E-state index contributed by atoms with van der Waals surface area (Å²) in [6, 6.07) is 5.49. The Labute approximate surface area is 96.9 Å². The molecule has 0 bridgehead atoms. The Hall–Kier alpha value is -0.890. The Morgan fingerprint density at radius 2 is 2.00 bits per heavy atom. The Morgan fingerprint density at radius 3 is 2.69 bits per heavy atom. The van der Waals surface area contributed by atoms with Gasteiger partial charge in [0.05, 0.1) is 0 Å². The van der Waals surface area contributed by atoms with Crippen molar-refractivity contribution in [1.82, 2.24) is 0 Å². The molecule has 0 saturated heterocycles. The molecule has 1 aromatic carbocycles. The summed E-state index contributed by atoms with van der Waals surface area (Å²) in [5.41, 5.74) is 8.22. The Bertz CT molecular complexity index is 355. The van der Waals surface area contributed by atoms with Gasteiger partial charge in [0, 0.05) is 6.04 Å². The predicted octanol–water partition coefficient (Wildman–Crippen LogP) is 3.37. The second kappa shape index (κ2) is 4.54. The summed E-state index contributed by atoms with van der Waals surface area (Å²) in [7, 11) is 0. The quantitative estimate of drug-likeness (QED) is 0.773. The number of halogens is 1. The van der Waals surface area contributed by atoms with Crippen LogP contribution in [-0.4, -0.2) is 6.04 Å². The minimum absolute atomic E-state index is 0.138. The molecule has 0 heterocycles. The molecular weight excluding hydrogens is 201 g/mol. The molecule has 1 saturated carbocycles. The lowest BCUT2D eigenvalue weighted by Gasteiger charge is -2.33. The van der Waals surface area contributed by atoms with Crippen LogP contribution in [0.3, 0.4) is 0 Å². The fourth-order valence-electron chi connectivity index (χ4n) is 2.77. The van der Waals surface area contributed by atoms with E-state index in [0.717, 1.165) is 24.0 Å². The van der Waals surface area contributed by atoms with E-state index >= 15 is 0 Å². The average molecular weight is 221 g/mol. The maximum atomic E-state index is 13.4. The van der Waals surface area contributed by atoms with Crippen molar-refractivity contribution in [3.63, 3.8) is 0 Å². The maximum absolute atomic E-state index is 13.4. The van der Waals surface area contributed by atoms with Gasteiger partial charge in [0.15, 0.2) is 0 Å². The smallest absolute Gasteiger partial charge is 0.123 e. The first kappa shape index (κ1) is 11.6. The van der Waals surface area contributed by atoms with Gasteiger partial charge in [0.1, 0.15) is 5.82 Å². The third-order valence-corrected chi connectivity index (χ3v) is 3.66. The fourth-order valence-corrected chi connectivity index (χ4v) is 2.77. The van der Waals surface area contributed by atoms with Crippen molar-refractivity contribution in [3.8, 4) is 0 Å². The summed E-state index contributed by atoms with van der Waals surface area (Å²) < 4.78 is 13.4. The summed E-state index contributed by atoms with van der Waals surface area (Å²) in [6.07, 6.45) is 3.34. The van der Waals surface area contributed by atoms with Gasteiger partial charge in [-0.05, 0) is 61.3 Å². The molecule has 3 atom stereocenters. The van der Waals surface area contributed by atoms with Gasteiger partial charge >= 0.3 is 0 Å². The molecule has 1 aliphatic rings. The molecule has 1 aliphatic carbocycles. The van der Waals surface area contributed by atoms with Crippen molar-refractivity contribution in [2.75, 3.05) is 0 Å². The van der Waals surface area contributed by atoms with E-state index in [9.17, 15) is 4.39 Å². The minimum atomic E-state index is -0.138. The SMILES string of the molecule is Cc1cc(F)cc(C2CC(C)CCC2N)c1. The van der Waals surface area contributed by atoms with Crippen LogP contribution in [0.25, 0.3) is 0 Å². The zero-order chi connectivity index (χ0) is 11.7. The lowest BCUT2D eigenvalue weighted by Crippen LogP contribution is -2.34. The van der Waals surface area contributed by atoms with E-state index in [4.69, 9.17) is 5.73 Å². The van der Waals surface area contributed by atoms with Gasteiger partial charge in [-0.2, -0.15) is 0 Å². The molecular formula is C14H20FN. The lowest BCUT2D eigenvalue weighted by atomic mass is 9.75. The normalized spacial score (nSPS) is 30.4. The molecule has 1 fully saturated rings. The summed E-state index contributed by atoms with van der Waals surface area (Å²) in [6.45, 7) is 4.19. The topological polar surface area (TPSA) is 26.0 Å². The third kappa shape index (κ3) is 2.43. The number of rotatable bonds is 1. The largest absolute Gasteiger partial charge is 0.327 e. The van der Waals surface area contributed by atoms with Crippen LogP contribution >= 0.6 is 0 Å². The lowest BCUT2D eigenvalue weighted by molar-refractivity contribution is 0.305. The molecule has 1 nitrogen and oxygen atoms in total. The van der Waals surface area contributed by atoms with E-state index in [1.165, 1.54) is 6.42 Å². The van der Waals surface area contributed by atoms with Crippen LogP contribution in [0.5, 0.6) is 0 Å². The predicted molar refractivity (Wildman–Crippen MR) is 64.9 cm³/mol. The van der Waals surface area contributed by atoms with Crippen molar-refractivity contribution in [2.45, 2.75) is 45.1 Å². The van der Waals surface area contributed by atoms with Gasteiger partial charge in [-0.3, -0.25) is 0 Å². The van der Waals surface area contributed by atoms with Crippen LogP contribution in [-0.2, 0) is 0 Å². The molecule has 1 aromatic rings. The zero-order valence-electron chi connectivity index (χ0n) is 10.0. The number of aryl methyl sites for hydroxylation is 1. The molecule has 0 amide bonds. The average Bonchev–Trinajstić information content (AvgIpc) is 2.20.